The fourth-order valence-electron chi connectivity index (χ4n) is 5.53. The molecule has 0 heterocycles. The molecule has 1 atom stereocenters. The molecule has 0 bridgehead atoms. The second-order valence-corrected chi connectivity index (χ2v) is 15.3. The van der Waals surface area contributed by atoms with Crippen LogP contribution >= 0.6 is 0 Å². The van der Waals surface area contributed by atoms with Gasteiger partial charge in [-0.1, -0.05) is 57.5 Å². The average molecular weight is 690 g/mol. The van der Waals surface area contributed by atoms with Crippen molar-refractivity contribution in [3.05, 3.63) is 35.4 Å². The first kappa shape index (κ1) is 44.0. The topological polar surface area (TPSA) is 146 Å². The number of hydrogen-bond donors (Lipinski definition) is 3. The fraction of sp³-hybridized carbons (Fsp3) is 0.737. The third kappa shape index (κ3) is 20.3. The van der Waals surface area contributed by atoms with E-state index in [9.17, 15) is 19.2 Å². The number of likely N-dealkylation sites (N-methyl/N-ethyl adjacent to an activating group) is 1. The molecule has 4 N–H and O–H groups in total. The Labute approximate surface area is 296 Å². The number of nitrogens with one attached hydrogen (secondary N) is 1. The second-order valence-electron chi connectivity index (χ2n) is 15.3. The third-order valence-corrected chi connectivity index (χ3v) is 8.50. The summed E-state index contributed by atoms with van der Waals surface area (Å²) in [6.07, 6.45) is 4.88. The quantitative estimate of drug-likeness (QED) is 0.121. The van der Waals surface area contributed by atoms with Crippen LogP contribution in [0.4, 0.5) is 0 Å². The maximum Gasteiger partial charge on any atom is 0.320 e. The molecule has 49 heavy (non-hydrogen) atoms. The number of aliphatic carboxylic acids is 1. The lowest BCUT2D eigenvalue weighted by Crippen LogP contribution is -2.44. The summed E-state index contributed by atoms with van der Waals surface area (Å²) in [5.74, 6) is -0.838. The molecule has 1 rings (SSSR count). The van der Waals surface area contributed by atoms with E-state index in [1.165, 1.54) is 11.1 Å². The molecule has 0 saturated heterocycles. The van der Waals surface area contributed by atoms with Gasteiger partial charge in [0.15, 0.2) is 0 Å². The summed E-state index contributed by atoms with van der Waals surface area (Å²) in [6, 6.07) is 7.48. The van der Waals surface area contributed by atoms with Gasteiger partial charge in [-0.05, 0) is 72.0 Å². The highest BCUT2D eigenvalue weighted by Crippen LogP contribution is 2.23. The number of benzene rings is 1. The monoisotopic (exact) mass is 690 g/mol. The molecule has 0 fully saturated rings. The molecule has 11 nitrogen and oxygen atoms in total. The lowest BCUT2D eigenvalue weighted by molar-refractivity contribution is -0.139. The van der Waals surface area contributed by atoms with Crippen molar-refractivity contribution < 1.29 is 29.0 Å². The lowest BCUT2D eigenvalue weighted by atomic mass is 9.91. The molecule has 0 aromatic heterocycles. The number of nitrogens with two attached hydrogens (primary N) is 1. The lowest BCUT2D eigenvalue weighted by Gasteiger charge is -2.36. The van der Waals surface area contributed by atoms with Gasteiger partial charge in [0.1, 0.15) is 6.04 Å². The SMILES string of the molecule is CCN(CC(C)(C)COCC(C)(C)CN(CCN(C)C)C(=O)CCCCC(=O)NCCCCC(N)C(=O)O)C(=O)CCc1ccc(C)cc1. The van der Waals surface area contributed by atoms with Gasteiger partial charge in [0.25, 0.3) is 0 Å². The van der Waals surface area contributed by atoms with Crippen LogP contribution < -0.4 is 11.1 Å². The van der Waals surface area contributed by atoms with Gasteiger partial charge >= 0.3 is 5.97 Å². The molecule has 11 heteroatoms. The summed E-state index contributed by atoms with van der Waals surface area (Å²) in [7, 11) is 3.98. The molecule has 0 radical (unpaired) electrons. The maximum absolute atomic E-state index is 13.3. The Bertz CT molecular complexity index is 1140. The zero-order chi connectivity index (χ0) is 37.0. The van der Waals surface area contributed by atoms with Crippen molar-refractivity contribution in [2.45, 2.75) is 105 Å². The summed E-state index contributed by atoms with van der Waals surface area (Å²) in [5.41, 5.74) is 7.38. The van der Waals surface area contributed by atoms with Gasteiger partial charge in [-0.25, -0.2) is 0 Å². The standard InChI is InChI=1S/C38H67N5O6/c1-9-42(35(46)22-21-31-19-17-30(2)18-20-31)26-37(3,4)28-49-29-38(5,6)27-43(25-24-41(7)8)34(45)16-11-10-15-33(44)40-23-13-12-14-32(39)36(47)48/h17-20,32H,9-16,21-29,39H2,1-8H3,(H,40,44)(H,47,48). The predicted molar refractivity (Wildman–Crippen MR) is 196 cm³/mol. The molecular formula is C38H67N5O6. The number of carbonyl (C=O) groups excluding carboxylic acids is 3. The third-order valence-electron chi connectivity index (χ3n) is 8.50. The Morgan fingerprint density at radius 2 is 1.41 bits per heavy atom. The van der Waals surface area contributed by atoms with Crippen molar-refractivity contribution in [1.82, 2.24) is 20.0 Å². The Hall–Kier alpha value is -3.02. The van der Waals surface area contributed by atoms with Gasteiger partial charge in [-0.2, -0.15) is 0 Å². The minimum atomic E-state index is -1.01. The largest absolute Gasteiger partial charge is 0.480 e. The van der Waals surface area contributed by atoms with Crippen molar-refractivity contribution in [3.8, 4) is 0 Å². The van der Waals surface area contributed by atoms with E-state index in [-0.39, 0.29) is 28.6 Å². The van der Waals surface area contributed by atoms with Crippen molar-refractivity contribution in [2.75, 3.05) is 66.6 Å². The minimum Gasteiger partial charge on any atom is -0.480 e. The summed E-state index contributed by atoms with van der Waals surface area (Å²) >= 11 is 0. The van der Waals surface area contributed by atoms with Crippen LogP contribution in [0, 0.1) is 17.8 Å². The number of hydrogen-bond acceptors (Lipinski definition) is 7. The number of amides is 3. The van der Waals surface area contributed by atoms with E-state index >= 15 is 0 Å². The van der Waals surface area contributed by atoms with E-state index in [0.29, 0.717) is 97.3 Å². The Morgan fingerprint density at radius 3 is 1.98 bits per heavy atom. The molecule has 0 aliphatic heterocycles. The van der Waals surface area contributed by atoms with E-state index in [2.05, 4.69) is 69.1 Å². The van der Waals surface area contributed by atoms with Crippen LogP contribution in [0.3, 0.4) is 0 Å². The van der Waals surface area contributed by atoms with E-state index in [4.69, 9.17) is 15.6 Å². The van der Waals surface area contributed by atoms with Crippen LogP contribution in [0.5, 0.6) is 0 Å². The maximum atomic E-state index is 13.3. The summed E-state index contributed by atoms with van der Waals surface area (Å²) in [5, 5.41) is 11.7. The summed E-state index contributed by atoms with van der Waals surface area (Å²) < 4.78 is 6.27. The van der Waals surface area contributed by atoms with Crippen LogP contribution in [-0.2, 0) is 30.3 Å². The normalized spacial score (nSPS) is 12.5. The van der Waals surface area contributed by atoms with Crippen LogP contribution in [0.15, 0.2) is 24.3 Å². The number of carbonyl (C=O) groups is 4. The molecule has 1 aromatic carbocycles. The molecule has 1 unspecified atom stereocenters. The van der Waals surface area contributed by atoms with Crippen molar-refractivity contribution in [2.24, 2.45) is 16.6 Å². The van der Waals surface area contributed by atoms with Crippen LogP contribution in [0.25, 0.3) is 0 Å². The highest BCUT2D eigenvalue weighted by molar-refractivity contribution is 5.77. The van der Waals surface area contributed by atoms with E-state index in [1.54, 1.807) is 0 Å². The minimum absolute atomic E-state index is 0.0608. The zero-order valence-electron chi connectivity index (χ0n) is 31.8. The van der Waals surface area contributed by atoms with E-state index in [0.717, 1.165) is 13.0 Å². The Balaban J connectivity index is 2.52. The first-order valence-corrected chi connectivity index (χ1v) is 18.0. The predicted octanol–water partition coefficient (Wildman–Crippen LogP) is 4.49. The smallest absolute Gasteiger partial charge is 0.320 e. The average Bonchev–Trinajstić information content (AvgIpc) is 3.02. The number of unbranched alkanes of at least 4 members (excludes halogenated alkanes) is 2. The first-order chi connectivity index (χ1) is 22.9. The van der Waals surface area contributed by atoms with Gasteiger partial charge in [-0.15, -0.1) is 0 Å². The van der Waals surface area contributed by atoms with Gasteiger partial charge in [0, 0.05) is 69.4 Å². The van der Waals surface area contributed by atoms with E-state index < -0.39 is 12.0 Å². The summed E-state index contributed by atoms with van der Waals surface area (Å²) in [6.45, 7) is 17.2. The van der Waals surface area contributed by atoms with Gasteiger partial charge < -0.3 is 35.6 Å². The van der Waals surface area contributed by atoms with Crippen LogP contribution in [0.2, 0.25) is 0 Å². The number of carboxylic acids is 1. The van der Waals surface area contributed by atoms with E-state index in [1.807, 2.05) is 30.8 Å². The zero-order valence-corrected chi connectivity index (χ0v) is 31.8. The fourth-order valence-corrected chi connectivity index (χ4v) is 5.53. The van der Waals surface area contributed by atoms with Gasteiger partial charge in [0.2, 0.25) is 17.7 Å². The van der Waals surface area contributed by atoms with Crippen molar-refractivity contribution in [1.29, 1.82) is 0 Å². The number of nitrogens with zero attached hydrogens (tertiary/aromatic N) is 3. The highest BCUT2D eigenvalue weighted by atomic mass is 16.5. The molecular weight excluding hydrogens is 622 g/mol. The van der Waals surface area contributed by atoms with Gasteiger partial charge in [-0.3, -0.25) is 19.2 Å². The summed E-state index contributed by atoms with van der Waals surface area (Å²) in [4.78, 5) is 55.3. The molecule has 280 valence electrons. The Morgan fingerprint density at radius 1 is 0.837 bits per heavy atom. The Kier molecular flexibility index (Phi) is 20.3. The van der Waals surface area contributed by atoms with Crippen LogP contribution in [-0.4, -0.2) is 116 Å². The van der Waals surface area contributed by atoms with Crippen LogP contribution in [0.1, 0.15) is 97.1 Å². The molecule has 0 saturated carbocycles. The number of rotatable bonds is 26. The molecule has 0 spiro atoms. The first-order valence-electron chi connectivity index (χ1n) is 18.0. The highest BCUT2D eigenvalue weighted by Gasteiger charge is 2.29. The van der Waals surface area contributed by atoms with Crippen molar-refractivity contribution >= 4 is 23.7 Å². The second kappa shape index (κ2) is 22.6. The molecule has 0 aliphatic carbocycles. The number of ether oxygens (including phenoxy) is 1. The number of aryl methyl sites for hydroxylation is 2. The molecule has 0 aliphatic rings. The van der Waals surface area contributed by atoms with Gasteiger partial charge in [0.05, 0.1) is 13.2 Å². The molecule has 1 aromatic rings. The molecule has 3 amide bonds. The van der Waals surface area contributed by atoms with Crippen molar-refractivity contribution in [3.63, 3.8) is 0 Å². The number of carboxylic acid groups (broad SMARTS) is 1.